The highest BCUT2D eigenvalue weighted by Gasteiger charge is 2.30. The van der Waals surface area contributed by atoms with E-state index in [2.05, 4.69) is 32.0 Å². The molecule has 0 amide bonds. The highest BCUT2D eigenvalue weighted by Crippen LogP contribution is 2.43. The Morgan fingerprint density at radius 2 is 2.27 bits per heavy atom. The van der Waals surface area contributed by atoms with E-state index in [1.165, 1.54) is 19.3 Å². The molecule has 0 aliphatic heterocycles. The van der Waals surface area contributed by atoms with Crippen molar-refractivity contribution in [1.29, 1.82) is 5.53 Å². The maximum atomic E-state index is 6.97. The van der Waals surface area contributed by atoms with Crippen LogP contribution in [-0.2, 0) is 0 Å². The topological polar surface area (TPSA) is 36.2 Å². The molecule has 2 atom stereocenters. The van der Waals surface area contributed by atoms with Gasteiger partial charge >= 0.3 is 0 Å². The molecule has 0 bridgehead atoms. The minimum absolute atomic E-state index is 0.141. The van der Waals surface area contributed by atoms with Crippen LogP contribution in [-0.4, -0.2) is 6.04 Å². The summed E-state index contributed by atoms with van der Waals surface area (Å²) < 4.78 is 0. The van der Waals surface area contributed by atoms with Crippen molar-refractivity contribution in [3.05, 3.63) is 11.6 Å². The molecular formula is C13H24N2. The summed E-state index contributed by atoms with van der Waals surface area (Å²) in [5.41, 5.74) is 8.92. The summed E-state index contributed by atoms with van der Waals surface area (Å²) in [5.74, 6) is 0.715. The number of hydrogen-bond donors (Lipinski definition) is 1. The monoisotopic (exact) mass is 208 g/mol. The molecule has 1 fully saturated rings. The minimum Gasteiger partial charge on any atom is -0.210 e. The molecule has 1 saturated carbocycles. The van der Waals surface area contributed by atoms with Crippen LogP contribution in [0.2, 0.25) is 0 Å². The summed E-state index contributed by atoms with van der Waals surface area (Å²) in [5, 5.41) is 3.55. The van der Waals surface area contributed by atoms with Crippen molar-refractivity contribution in [2.75, 3.05) is 0 Å². The highest BCUT2D eigenvalue weighted by atomic mass is 15.0. The molecule has 2 nitrogen and oxygen atoms in total. The fourth-order valence-corrected chi connectivity index (χ4v) is 2.64. The van der Waals surface area contributed by atoms with Crippen LogP contribution in [0.25, 0.3) is 0 Å². The maximum absolute atomic E-state index is 6.97. The molecule has 0 heterocycles. The van der Waals surface area contributed by atoms with E-state index in [4.69, 9.17) is 5.53 Å². The first-order valence-corrected chi connectivity index (χ1v) is 6.04. The Balaban J connectivity index is 2.74. The lowest BCUT2D eigenvalue weighted by atomic mass is 9.68. The van der Waals surface area contributed by atoms with Crippen LogP contribution in [0.3, 0.4) is 0 Å². The lowest BCUT2D eigenvalue weighted by Gasteiger charge is -2.37. The van der Waals surface area contributed by atoms with Gasteiger partial charge in [0.05, 0.1) is 6.04 Å². The Hall–Kier alpha value is -0.660. The van der Waals surface area contributed by atoms with E-state index < -0.39 is 0 Å². The van der Waals surface area contributed by atoms with Crippen LogP contribution in [0.5, 0.6) is 0 Å². The molecule has 0 aromatic heterocycles. The first-order chi connectivity index (χ1) is 6.97. The van der Waals surface area contributed by atoms with Gasteiger partial charge in [0.25, 0.3) is 0 Å². The number of nitrogens with zero attached hydrogens (tertiary/aromatic N) is 1. The van der Waals surface area contributed by atoms with E-state index >= 15 is 0 Å². The van der Waals surface area contributed by atoms with Crippen molar-refractivity contribution in [1.82, 2.24) is 0 Å². The van der Waals surface area contributed by atoms with E-state index in [1.54, 1.807) is 5.57 Å². The standard InChI is InChI=1S/C13H24N2/c1-10-6-5-9-13(3,4)12(10)8-7-11(2)15-14/h8,10-11,14H,5-7,9H2,1-4H3. The van der Waals surface area contributed by atoms with Crippen molar-refractivity contribution in [2.24, 2.45) is 16.4 Å². The second-order valence-electron chi connectivity index (χ2n) is 5.55. The maximum Gasteiger partial charge on any atom is 0.0712 e. The van der Waals surface area contributed by atoms with Gasteiger partial charge in [0, 0.05) is 0 Å². The third-order valence-electron chi connectivity index (χ3n) is 3.65. The zero-order chi connectivity index (χ0) is 11.5. The average Bonchev–Trinajstić information content (AvgIpc) is 2.15. The van der Waals surface area contributed by atoms with Gasteiger partial charge in [-0.3, -0.25) is 0 Å². The Labute approximate surface area is 93.7 Å². The zero-order valence-corrected chi connectivity index (χ0v) is 10.5. The Kier molecular flexibility index (Phi) is 4.06. The Bertz CT molecular complexity index is 253. The first kappa shape index (κ1) is 12.4. The number of rotatable bonds is 3. The summed E-state index contributed by atoms with van der Waals surface area (Å²) in [4.78, 5) is 0. The number of allylic oxidation sites excluding steroid dienone is 1. The molecule has 1 aliphatic carbocycles. The van der Waals surface area contributed by atoms with Crippen LogP contribution in [0.4, 0.5) is 0 Å². The van der Waals surface area contributed by atoms with E-state index in [9.17, 15) is 0 Å². The van der Waals surface area contributed by atoms with E-state index in [0.29, 0.717) is 11.3 Å². The second kappa shape index (κ2) is 4.91. The highest BCUT2D eigenvalue weighted by molar-refractivity contribution is 5.17. The molecule has 0 radical (unpaired) electrons. The van der Waals surface area contributed by atoms with Crippen molar-refractivity contribution < 1.29 is 0 Å². The molecule has 15 heavy (non-hydrogen) atoms. The van der Waals surface area contributed by atoms with E-state index in [0.717, 1.165) is 6.42 Å². The third kappa shape index (κ3) is 3.15. The third-order valence-corrected chi connectivity index (χ3v) is 3.65. The van der Waals surface area contributed by atoms with Crippen LogP contribution in [0.15, 0.2) is 16.8 Å². The van der Waals surface area contributed by atoms with Gasteiger partial charge in [-0.25, -0.2) is 5.53 Å². The quantitative estimate of drug-likeness (QED) is 0.521. The normalized spacial score (nSPS) is 30.1. The second-order valence-corrected chi connectivity index (χ2v) is 5.55. The lowest BCUT2D eigenvalue weighted by Crippen LogP contribution is -2.25. The average molecular weight is 208 g/mol. The molecule has 0 saturated heterocycles. The van der Waals surface area contributed by atoms with Gasteiger partial charge in [-0.15, -0.1) is 0 Å². The van der Waals surface area contributed by atoms with Gasteiger partial charge in [-0.05, 0) is 37.5 Å². The van der Waals surface area contributed by atoms with Gasteiger partial charge < -0.3 is 0 Å². The molecule has 0 aromatic carbocycles. The summed E-state index contributed by atoms with van der Waals surface area (Å²) >= 11 is 0. The van der Waals surface area contributed by atoms with Crippen molar-refractivity contribution in [3.8, 4) is 0 Å². The van der Waals surface area contributed by atoms with Crippen LogP contribution in [0, 0.1) is 16.9 Å². The van der Waals surface area contributed by atoms with Crippen LogP contribution < -0.4 is 0 Å². The molecule has 1 rings (SSSR count). The van der Waals surface area contributed by atoms with Crippen LogP contribution >= 0.6 is 0 Å². The molecule has 1 aliphatic rings. The Morgan fingerprint density at radius 1 is 1.60 bits per heavy atom. The van der Waals surface area contributed by atoms with Gasteiger partial charge in [0.15, 0.2) is 0 Å². The minimum atomic E-state index is 0.141. The van der Waals surface area contributed by atoms with Crippen molar-refractivity contribution in [2.45, 2.75) is 59.4 Å². The summed E-state index contributed by atoms with van der Waals surface area (Å²) in [6, 6.07) is 0.141. The predicted molar refractivity (Wildman–Crippen MR) is 64.1 cm³/mol. The van der Waals surface area contributed by atoms with Gasteiger partial charge in [0.1, 0.15) is 0 Å². The van der Waals surface area contributed by atoms with Gasteiger partial charge in [-0.1, -0.05) is 38.8 Å². The molecule has 0 aromatic rings. The molecular weight excluding hydrogens is 184 g/mol. The SMILES string of the molecule is CC(CC=C1C(C)CCCC1(C)C)N=N. The molecule has 2 heteroatoms. The summed E-state index contributed by atoms with van der Waals surface area (Å²) in [6.07, 6.45) is 7.24. The number of hydrogen-bond acceptors (Lipinski definition) is 2. The van der Waals surface area contributed by atoms with Gasteiger partial charge in [0.2, 0.25) is 0 Å². The fraction of sp³-hybridized carbons (Fsp3) is 0.846. The smallest absolute Gasteiger partial charge is 0.0712 e. The first-order valence-electron chi connectivity index (χ1n) is 6.04. The lowest BCUT2D eigenvalue weighted by molar-refractivity contribution is 0.288. The Morgan fingerprint density at radius 3 is 2.80 bits per heavy atom. The largest absolute Gasteiger partial charge is 0.210 e. The zero-order valence-electron chi connectivity index (χ0n) is 10.5. The predicted octanol–water partition coefficient (Wildman–Crippen LogP) is 4.57. The molecule has 0 spiro atoms. The summed E-state index contributed by atoms with van der Waals surface area (Å²) in [7, 11) is 0. The van der Waals surface area contributed by atoms with Crippen molar-refractivity contribution >= 4 is 0 Å². The molecule has 2 unspecified atom stereocenters. The molecule has 1 N–H and O–H groups in total. The van der Waals surface area contributed by atoms with E-state index in [-0.39, 0.29) is 6.04 Å². The molecule has 86 valence electrons. The van der Waals surface area contributed by atoms with Crippen molar-refractivity contribution in [3.63, 3.8) is 0 Å². The fourth-order valence-electron chi connectivity index (χ4n) is 2.64. The number of nitrogens with one attached hydrogen (secondary N) is 1. The van der Waals surface area contributed by atoms with E-state index in [1.807, 2.05) is 6.92 Å². The summed E-state index contributed by atoms with van der Waals surface area (Å²) in [6.45, 7) is 9.02. The van der Waals surface area contributed by atoms with Gasteiger partial charge in [-0.2, -0.15) is 5.11 Å². The van der Waals surface area contributed by atoms with Crippen LogP contribution in [0.1, 0.15) is 53.4 Å².